The van der Waals surface area contributed by atoms with Crippen LogP contribution in [0.15, 0.2) is 64.5 Å². The van der Waals surface area contributed by atoms with E-state index in [1.807, 2.05) is 0 Å². The molecule has 0 bridgehead atoms. The number of halogens is 2. The van der Waals surface area contributed by atoms with Gasteiger partial charge in [0.2, 0.25) is 15.6 Å². The highest BCUT2D eigenvalue weighted by atomic mass is 35.5. The number of sulfonamides is 1. The van der Waals surface area contributed by atoms with Crippen molar-refractivity contribution < 1.29 is 17.6 Å². The minimum atomic E-state index is -3.90. The number of pyridine rings is 2. The van der Waals surface area contributed by atoms with Crippen LogP contribution < -0.4 is 10.3 Å². The fraction of sp³-hybridized carbons (Fsp3) is 0.150. The highest BCUT2D eigenvalue weighted by Gasteiger charge is 2.16. The summed E-state index contributed by atoms with van der Waals surface area (Å²) in [6.45, 7) is -0.113. The molecule has 1 aromatic carbocycles. The molecule has 2 N–H and O–H groups in total. The second-order valence-electron chi connectivity index (χ2n) is 6.42. The third-order valence-electron chi connectivity index (χ3n) is 4.27. The summed E-state index contributed by atoms with van der Waals surface area (Å²) in [5.74, 6) is -0.854. The highest BCUT2D eigenvalue weighted by molar-refractivity contribution is 7.89. The van der Waals surface area contributed by atoms with Crippen LogP contribution >= 0.6 is 11.6 Å². The van der Waals surface area contributed by atoms with E-state index in [9.17, 15) is 22.4 Å². The van der Waals surface area contributed by atoms with Crippen molar-refractivity contribution in [1.29, 1.82) is 0 Å². The Hall–Kier alpha value is -2.88. The average molecular weight is 450 g/mol. The topological polar surface area (TPSA) is 109 Å². The summed E-state index contributed by atoms with van der Waals surface area (Å²) in [4.78, 5) is 30.0. The van der Waals surface area contributed by atoms with Crippen LogP contribution in [0.5, 0.6) is 0 Å². The maximum Gasteiger partial charge on any atom is 0.248 e. The van der Waals surface area contributed by atoms with E-state index in [-0.39, 0.29) is 34.2 Å². The Kier molecular flexibility index (Phi) is 6.76. The van der Waals surface area contributed by atoms with Gasteiger partial charge in [-0.05, 0) is 48.4 Å². The van der Waals surface area contributed by atoms with Gasteiger partial charge in [-0.3, -0.25) is 14.6 Å². The van der Waals surface area contributed by atoms with Gasteiger partial charge in [-0.1, -0.05) is 11.6 Å². The Morgan fingerprint density at radius 2 is 1.97 bits per heavy atom. The summed E-state index contributed by atoms with van der Waals surface area (Å²) in [5, 5.41) is -0.293. The molecule has 0 fully saturated rings. The molecule has 0 saturated carbocycles. The van der Waals surface area contributed by atoms with Gasteiger partial charge in [0.1, 0.15) is 5.82 Å². The standard InChI is InChI=1S/C20H17ClFN3O4S/c21-17-10-16(4-5-18(17)22)30(28,29)25-12-15-3-2-14(11-24-15)19(26)6-1-13-7-8-23-20(27)9-13/h2-5,7-11,25H,1,6,12H2,(H,23,27). The van der Waals surface area contributed by atoms with Crippen LogP contribution in [0.2, 0.25) is 5.02 Å². The zero-order valence-electron chi connectivity index (χ0n) is 15.6. The number of rotatable bonds is 8. The first kappa shape index (κ1) is 21.8. The van der Waals surface area contributed by atoms with Crippen molar-refractivity contribution in [2.45, 2.75) is 24.3 Å². The van der Waals surface area contributed by atoms with E-state index in [0.29, 0.717) is 17.7 Å². The van der Waals surface area contributed by atoms with Crippen molar-refractivity contribution in [3.8, 4) is 0 Å². The van der Waals surface area contributed by atoms with Gasteiger partial charge in [0.25, 0.3) is 0 Å². The van der Waals surface area contributed by atoms with E-state index in [4.69, 9.17) is 11.6 Å². The molecule has 0 aliphatic rings. The summed E-state index contributed by atoms with van der Waals surface area (Å²) in [7, 11) is -3.90. The number of aromatic nitrogens is 2. The van der Waals surface area contributed by atoms with Crippen molar-refractivity contribution in [3.63, 3.8) is 0 Å². The molecule has 3 aromatic rings. The highest BCUT2D eigenvalue weighted by Crippen LogP contribution is 2.19. The normalized spacial score (nSPS) is 11.4. The van der Waals surface area contributed by atoms with E-state index in [2.05, 4.69) is 14.7 Å². The molecule has 156 valence electrons. The fourth-order valence-electron chi connectivity index (χ4n) is 2.64. The molecule has 0 saturated heterocycles. The molecule has 2 heterocycles. The number of aryl methyl sites for hydroxylation is 1. The molecule has 7 nitrogen and oxygen atoms in total. The average Bonchev–Trinajstić information content (AvgIpc) is 2.73. The zero-order valence-corrected chi connectivity index (χ0v) is 17.1. The first-order valence-corrected chi connectivity index (χ1v) is 10.7. The molecule has 0 atom stereocenters. The second kappa shape index (κ2) is 9.29. The molecule has 3 rings (SSSR count). The summed E-state index contributed by atoms with van der Waals surface area (Å²) < 4.78 is 40.1. The molecule has 30 heavy (non-hydrogen) atoms. The number of hydrogen-bond acceptors (Lipinski definition) is 5. The minimum Gasteiger partial charge on any atom is -0.329 e. The van der Waals surface area contributed by atoms with Gasteiger partial charge in [-0.15, -0.1) is 0 Å². The predicted octanol–water partition coefficient (Wildman–Crippen LogP) is 2.86. The molecule has 0 unspecified atom stereocenters. The monoisotopic (exact) mass is 449 g/mol. The number of Topliss-reactive ketones (excluding diaryl/α,β-unsaturated/α-hetero) is 1. The zero-order chi connectivity index (χ0) is 21.7. The van der Waals surface area contributed by atoms with Gasteiger partial charge in [0.05, 0.1) is 22.2 Å². The van der Waals surface area contributed by atoms with Crippen LogP contribution in [0.3, 0.4) is 0 Å². The predicted molar refractivity (Wildman–Crippen MR) is 109 cm³/mol. The molecular formula is C20H17ClFN3O4S. The molecule has 10 heteroatoms. The second-order valence-corrected chi connectivity index (χ2v) is 8.60. The molecule has 0 amide bonds. The summed E-state index contributed by atoms with van der Waals surface area (Å²) >= 11 is 5.63. The minimum absolute atomic E-state index is 0.113. The molecule has 0 radical (unpaired) electrons. The quantitative estimate of drug-likeness (QED) is 0.514. The van der Waals surface area contributed by atoms with Crippen LogP contribution in [-0.2, 0) is 23.0 Å². The van der Waals surface area contributed by atoms with E-state index in [0.717, 1.165) is 23.8 Å². The molecule has 0 spiro atoms. The van der Waals surface area contributed by atoms with Crippen LogP contribution in [0.1, 0.15) is 28.0 Å². The fourth-order valence-corrected chi connectivity index (χ4v) is 3.91. The molecule has 0 aliphatic heterocycles. The van der Waals surface area contributed by atoms with Crippen molar-refractivity contribution in [3.05, 3.63) is 92.9 Å². The third kappa shape index (κ3) is 5.59. The van der Waals surface area contributed by atoms with Crippen molar-refractivity contribution >= 4 is 27.4 Å². The van der Waals surface area contributed by atoms with E-state index >= 15 is 0 Å². The van der Waals surface area contributed by atoms with Crippen LogP contribution in [0.4, 0.5) is 4.39 Å². The lowest BCUT2D eigenvalue weighted by atomic mass is 10.0. The van der Waals surface area contributed by atoms with E-state index in [1.165, 1.54) is 18.5 Å². The summed E-state index contributed by atoms with van der Waals surface area (Å²) in [6, 6.07) is 9.38. The first-order chi connectivity index (χ1) is 14.2. The number of hydrogen-bond donors (Lipinski definition) is 2. The lowest BCUT2D eigenvalue weighted by Gasteiger charge is -2.08. The number of nitrogens with one attached hydrogen (secondary N) is 2. The van der Waals surface area contributed by atoms with E-state index in [1.54, 1.807) is 18.2 Å². The maximum atomic E-state index is 13.2. The first-order valence-electron chi connectivity index (χ1n) is 8.85. The lowest BCUT2D eigenvalue weighted by molar-refractivity contribution is 0.0982. The van der Waals surface area contributed by atoms with Crippen LogP contribution in [-0.4, -0.2) is 24.2 Å². The van der Waals surface area contributed by atoms with Crippen molar-refractivity contribution in [1.82, 2.24) is 14.7 Å². The summed E-state index contributed by atoms with van der Waals surface area (Å²) in [6.07, 6.45) is 3.53. The number of benzene rings is 1. The van der Waals surface area contributed by atoms with E-state index < -0.39 is 15.8 Å². The van der Waals surface area contributed by atoms with Crippen LogP contribution in [0.25, 0.3) is 0 Å². The Morgan fingerprint density at radius 3 is 2.63 bits per heavy atom. The smallest absolute Gasteiger partial charge is 0.248 e. The number of nitrogens with zero attached hydrogens (tertiary/aromatic N) is 1. The Bertz CT molecular complexity index is 1230. The number of aromatic amines is 1. The molecular weight excluding hydrogens is 433 g/mol. The van der Waals surface area contributed by atoms with Gasteiger partial charge in [-0.2, -0.15) is 0 Å². The summed E-state index contributed by atoms with van der Waals surface area (Å²) in [5.41, 5.74) is 1.32. The van der Waals surface area contributed by atoms with Gasteiger partial charge in [-0.25, -0.2) is 17.5 Å². The van der Waals surface area contributed by atoms with Gasteiger partial charge >= 0.3 is 0 Å². The third-order valence-corrected chi connectivity index (χ3v) is 5.96. The number of carbonyl (C=O) groups excluding carboxylic acids is 1. The van der Waals surface area contributed by atoms with Gasteiger partial charge < -0.3 is 4.98 Å². The Labute approximate surface area is 177 Å². The Balaban J connectivity index is 1.59. The van der Waals surface area contributed by atoms with Gasteiger partial charge in [0, 0.05) is 30.4 Å². The lowest BCUT2D eigenvalue weighted by Crippen LogP contribution is -2.23. The van der Waals surface area contributed by atoms with Crippen LogP contribution in [0, 0.1) is 5.82 Å². The molecule has 0 aliphatic carbocycles. The van der Waals surface area contributed by atoms with Crippen molar-refractivity contribution in [2.24, 2.45) is 0 Å². The largest absolute Gasteiger partial charge is 0.329 e. The molecule has 2 aromatic heterocycles. The SMILES string of the molecule is O=C(CCc1cc[nH]c(=O)c1)c1ccc(CNS(=O)(=O)c2ccc(F)c(Cl)c2)nc1. The number of H-pyrrole nitrogens is 1. The number of carbonyl (C=O) groups is 1. The Morgan fingerprint density at radius 1 is 1.17 bits per heavy atom. The van der Waals surface area contributed by atoms with Gasteiger partial charge in [0.15, 0.2) is 5.78 Å². The van der Waals surface area contributed by atoms with Crippen molar-refractivity contribution in [2.75, 3.05) is 0 Å². The number of ketones is 1. The maximum absolute atomic E-state index is 13.2.